The Bertz CT molecular complexity index is 272. The van der Waals surface area contributed by atoms with E-state index in [9.17, 15) is 5.11 Å². The van der Waals surface area contributed by atoms with Crippen LogP contribution in [0.25, 0.3) is 0 Å². The van der Waals surface area contributed by atoms with E-state index in [4.69, 9.17) is 5.73 Å². The molecular weight excluding hydrogens is 280 g/mol. The fraction of sp³-hybridized carbons (Fsp3) is 1.00. The monoisotopic (exact) mass is 306 g/mol. The fourth-order valence-electron chi connectivity index (χ4n) is 2.65. The summed E-state index contributed by atoms with van der Waals surface area (Å²) in [5.41, 5.74) is 6.20. The van der Waals surface area contributed by atoms with Crippen LogP contribution in [0.4, 0.5) is 0 Å². The molecule has 2 rings (SSSR count). The molecule has 1 aliphatic carbocycles. The highest BCUT2D eigenvalue weighted by Crippen LogP contribution is 2.52. The summed E-state index contributed by atoms with van der Waals surface area (Å²) in [5.74, 6) is 0. The molecular formula is C12H26N4OS2. The van der Waals surface area contributed by atoms with Crippen LogP contribution >= 0.6 is 21.6 Å². The van der Waals surface area contributed by atoms with Gasteiger partial charge < -0.3 is 16.2 Å². The van der Waals surface area contributed by atoms with E-state index in [-0.39, 0.29) is 6.04 Å². The van der Waals surface area contributed by atoms with Gasteiger partial charge in [-0.25, -0.2) is 0 Å². The maximum absolute atomic E-state index is 9.91. The maximum Gasteiger partial charge on any atom is 0.160 e. The number of likely N-dealkylation sites (N-methyl/N-ethyl adjacent to an activating group) is 1. The summed E-state index contributed by atoms with van der Waals surface area (Å²) >= 11 is 0. The lowest BCUT2D eigenvalue weighted by Gasteiger charge is -2.40. The van der Waals surface area contributed by atoms with Gasteiger partial charge in [-0.05, 0) is 32.7 Å². The number of nitrogens with two attached hydrogens (primary N) is 1. The van der Waals surface area contributed by atoms with Crippen LogP contribution in [0.2, 0.25) is 0 Å². The Hall–Kier alpha value is 0.500. The van der Waals surface area contributed by atoms with E-state index in [1.165, 1.54) is 6.42 Å². The molecule has 1 saturated carbocycles. The molecule has 1 heterocycles. The van der Waals surface area contributed by atoms with E-state index >= 15 is 0 Å². The standard InChI is InChI=1S/C12H26N4OS2/c1-14-4-5-15-12(17)16-9-2-3-10-11(19-18-10)7-8(13)6-9/h8-12,14-17H,2-7,13H2,1H3. The molecule has 0 aromatic rings. The quantitative estimate of drug-likeness (QED) is 0.270. The van der Waals surface area contributed by atoms with Crippen molar-refractivity contribution in [2.45, 2.75) is 54.6 Å². The largest absolute Gasteiger partial charge is 0.365 e. The predicted molar refractivity (Wildman–Crippen MR) is 84.1 cm³/mol. The Morgan fingerprint density at radius 1 is 1.21 bits per heavy atom. The van der Waals surface area contributed by atoms with Gasteiger partial charge in [0.15, 0.2) is 6.35 Å². The van der Waals surface area contributed by atoms with Crippen molar-refractivity contribution in [3.05, 3.63) is 0 Å². The van der Waals surface area contributed by atoms with Gasteiger partial charge in [-0.3, -0.25) is 10.6 Å². The Balaban J connectivity index is 1.72. The summed E-state index contributed by atoms with van der Waals surface area (Å²) in [6.07, 6.45) is 3.77. The number of nitrogens with one attached hydrogen (secondary N) is 3. The molecule has 5 unspecified atom stereocenters. The van der Waals surface area contributed by atoms with Crippen LogP contribution in [0.1, 0.15) is 25.7 Å². The van der Waals surface area contributed by atoms with E-state index in [1.807, 2.05) is 28.6 Å². The lowest BCUT2D eigenvalue weighted by atomic mass is 9.93. The number of rotatable bonds is 6. The first-order chi connectivity index (χ1) is 9.19. The number of aliphatic hydroxyl groups is 1. The van der Waals surface area contributed by atoms with Crippen molar-refractivity contribution >= 4 is 21.6 Å². The third-order valence-corrected chi connectivity index (χ3v) is 7.43. The lowest BCUT2D eigenvalue weighted by molar-refractivity contribution is 0.0829. The van der Waals surface area contributed by atoms with Crippen molar-refractivity contribution in [1.29, 1.82) is 0 Å². The molecule has 0 amide bonds. The molecule has 1 aliphatic heterocycles. The van der Waals surface area contributed by atoms with Crippen LogP contribution in [0, 0.1) is 0 Å². The summed E-state index contributed by atoms with van der Waals surface area (Å²) in [7, 11) is 5.89. The minimum absolute atomic E-state index is 0.253. The van der Waals surface area contributed by atoms with Gasteiger partial charge in [0.1, 0.15) is 0 Å². The molecule has 5 atom stereocenters. The van der Waals surface area contributed by atoms with Crippen molar-refractivity contribution in [1.82, 2.24) is 16.0 Å². The maximum atomic E-state index is 9.91. The smallest absolute Gasteiger partial charge is 0.160 e. The highest BCUT2D eigenvalue weighted by Gasteiger charge is 2.36. The van der Waals surface area contributed by atoms with Crippen molar-refractivity contribution in [2.24, 2.45) is 5.73 Å². The van der Waals surface area contributed by atoms with E-state index in [0.29, 0.717) is 6.04 Å². The third kappa shape index (κ3) is 5.08. The molecule has 0 radical (unpaired) electrons. The number of hydrogen-bond donors (Lipinski definition) is 5. The molecule has 0 spiro atoms. The number of fused-ring (bicyclic) bond motifs is 1. The Kier molecular flexibility index (Phi) is 6.74. The first-order valence-electron chi connectivity index (χ1n) is 7.09. The summed E-state index contributed by atoms with van der Waals surface area (Å²) < 4.78 is 0. The normalized spacial score (nSPS) is 36.8. The molecule has 2 fully saturated rings. The van der Waals surface area contributed by atoms with Crippen LogP contribution in [0.3, 0.4) is 0 Å². The average Bonchev–Trinajstić information content (AvgIpc) is 2.34. The summed E-state index contributed by atoms with van der Waals surface area (Å²) in [6.45, 7) is 1.60. The average molecular weight is 307 g/mol. The molecule has 5 nitrogen and oxygen atoms in total. The van der Waals surface area contributed by atoms with Crippen LogP contribution in [-0.4, -0.2) is 54.2 Å². The second-order valence-electron chi connectivity index (χ2n) is 5.40. The second-order valence-corrected chi connectivity index (χ2v) is 8.15. The van der Waals surface area contributed by atoms with E-state index < -0.39 is 6.35 Å². The molecule has 0 aromatic carbocycles. The Morgan fingerprint density at radius 2 is 2.00 bits per heavy atom. The summed E-state index contributed by atoms with van der Waals surface area (Å²) in [4.78, 5) is 0. The van der Waals surface area contributed by atoms with Gasteiger partial charge >= 0.3 is 0 Å². The van der Waals surface area contributed by atoms with Crippen LogP contribution in [0.15, 0.2) is 0 Å². The van der Waals surface area contributed by atoms with Gasteiger partial charge in [-0.15, -0.1) is 0 Å². The molecule has 2 aliphatic rings. The minimum atomic E-state index is -0.635. The third-order valence-electron chi connectivity index (χ3n) is 3.75. The highest BCUT2D eigenvalue weighted by atomic mass is 33.1. The molecule has 1 saturated heterocycles. The van der Waals surface area contributed by atoms with Crippen LogP contribution < -0.4 is 21.7 Å². The van der Waals surface area contributed by atoms with E-state index in [2.05, 4.69) is 16.0 Å². The van der Waals surface area contributed by atoms with Gasteiger partial charge in [0.2, 0.25) is 0 Å². The zero-order valence-electron chi connectivity index (χ0n) is 11.5. The first kappa shape index (κ1) is 15.9. The van der Waals surface area contributed by atoms with Crippen molar-refractivity contribution in [3.8, 4) is 0 Å². The predicted octanol–water partition coefficient (Wildman–Crippen LogP) is 0.0630. The van der Waals surface area contributed by atoms with Crippen molar-refractivity contribution in [2.75, 3.05) is 20.1 Å². The van der Waals surface area contributed by atoms with Gasteiger partial charge in [0.05, 0.1) is 0 Å². The SMILES string of the molecule is CNCCNC(O)NC1CCC2SSC2CC(N)C1. The van der Waals surface area contributed by atoms with Crippen molar-refractivity contribution < 1.29 is 5.11 Å². The number of aliphatic hydroxyl groups excluding tert-OH is 1. The molecule has 112 valence electrons. The van der Waals surface area contributed by atoms with Gasteiger partial charge in [-0.1, -0.05) is 21.6 Å². The minimum Gasteiger partial charge on any atom is -0.365 e. The second kappa shape index (κ2) is 8.07. The molecule has 0 aromatic heterocycles. The fourth-order valence-corrected chi connectivity index (χ4v) is 5.68. The van der Waals surface area contributed by atoms with Gasteiger partial charge in [-0.2, -0.15) is 0 Å². The van der Waals surface area contributed by atoms with Crippen molar-refractivity contribution in [3.63, 3.8) is 0 Å². The topological polar surface area (TPSA) is 82.3 Å². The summed E-state index contributed by atoms with van der Waals surface area (Å²) in [6, 6.07) is 0.572. The Labute approximate surface area is 123 Å². The molecule has 0 bridgehead atoms. The number of hydrogen-bond acceptors (Lipinski definition) is 7. The zero-order valence-corrected chi connectivity index (χ0v) is 13.1. The highest BCUT2D eigenvalue weighted by molar-refractivity contribution is 8.80. The molecule has 19 heavy (non-hydrogen) atoms. The zero-order chi connectivity index (χ0) is 13.7. The first-order valence-corrected chi connectivity index (χ1v) is 9.36. The summed E-state index contributed by atoms with van der Waals surface area (Å²) in [5, 5.41) is 20.8. The molecule has 6 N–H and O–H groups in total. The van der Waals surface area contributed by atoms with E-state index in [1.54, 1.807) is 0 Å². The Morgan fingerprint density at radius 3 is 2.68 bits per heavy atom. The lowest BCUT2D eigenvalue weighted by Crippen LogP contribution is -2.51. The van der Waals surface area contributed by atoms with Gasteiger partial charge in [0, 0.05) is 35.7 Å². The van der Waals surface area contributed by atoms with Crippen LogP contribution in [0.5, 0.6) is 0 Å². The van der Waals surface area contributed by atoms with Crippen LogP contribution in [-0.2, 0) is 0 Å². The molecule has 7 heteroatoms. The van der Waals surface area contributed by atoms with E-state index in [0.717, 1.165) is 42.9 Å². The van der Waals surface area contributed by atoms with Gasteiger partial charge in [0.25, 0.3) is 0 Å².